The summed E-state index contributed by atoms with van der Waals surface area (Å²) in [5.41, 5.74) is 3.19. The lowest BCUT2D eigenvalue weighted by atomic mass is 9.67. The third kappa shape index (κ3) is 5.37. The number of allylic oxidation sites excluding steroid dienone is 5. The molecule has 1 rings (SSSR count). The van der Waals surface area contributed by atoms with Crippen LogP contribution < -0.4 is 0 Å². The molecular weight excluding hydrogens is 308 g/mol. The lowest BCUT2D eigenvalue weighted by Crippen LogP contribution is -2.42. The Morgan fingerprint density at radius 1 is 1.29 bits per heavy atom. The van der Waals surface area contributed by atoms with E-state index in [1.54, 1.807) is 0 Å². The van der Waals surface area contributed by atoms with E-state index < -0.39 is 8.32 Å². The van der Waals surface area contributed by atoms with Gasteiger partial charge in [0.05, 0.1) is 5.76 Å². The second-order valence-electron chi connectivity index (χ2n) is 9.97. The summed E-state index contributed by atoms with van der Waals surface area (Å²) in [6, 6.07) is 0. The van der Waals surface area contributed by atoms with Crippen molar-refractivity contribution in [1.29, 1.82) is 0 Å². The molecule has 2 heteroatoms. The van der Waals surface area contributed by atoms with E-state index in [4.69, 9.17) is 4.43 Å². The predicted molar refractivity (Wildman–Crippen MR) is 111 cm³/mol. The Balaban J connectivity index is 3.22. The van der Waals surface area contributed by atoms with E-state index in [0.717, 1.165) is 25.7 Å². The summed E-state index contributed by atoms with van der Waals surface area (Å²) in [5, 5.41) is 0.240. The molecule has 0 saturated carbocycles. The van der Waals surface area contributed by atoms with Crippen molar-refractivity contribution in [2.75, 3.05) is 0 Å². The molecule has 1 aliphatic rings. The molecule has 1 nitrogen and oxygen atoms in total. The topological polar surface area (TPSA) is 9.23 Å². The van der Waals surface area contributed by atoms with Gasteiger partial charge in [-0.25, -0.2) is 0 Å². The zero-order valence-corrected chi connectivity index (χ0v) is 18.7. The molecule has 0 fully saturated rings. The smallest absolute Gasteiger partial charge is 0.250 e. The lowest BCUT2D eigenvalue weighted by molar-refractivity contribution is 0.158. The van der Waals surface area contributed by atoms with Gasteiger partial charge in [0.1, 0.15) is 0 Å². The fraction of sp³-hybridized carbons (Fsp3) is 0.727. The van der Waals surface area contributed by atoms with Gasteiger partial charge in [0, 0.05) is 6.42 Å². The molecule has 1 atom stereocenters. The molecule has 0 N–H and O–H groups in total. The average Bonchev–Trinajstić information content (AvgIpc) is 2.38. The average molecular weight is 349 g/mol. The standard InChI is InChI=1S/C22H40OSi/c1-11-12-19-15-18(14-13-17(2)3)20(16-22(19,7)8)23-24(9,10)21(4,5)6/h11,13,19H,1,12,14-16H2,2-10H3. The van der Waals surface area contributed by atoms with Crippen molar-refractivity contribution in [3.8, 4) is 0 Å². The third-order valence-electron chi connectivity index (χ3n) is 6.00. The second kappa shape index (κ2) is 7.64. The van der Waals surface area contributed by atoms with Gasteiger partial charge in [0.2, 0.25) is 8.32 Å². The highest BCUT2D eigenvalue weighted by atomic mass is 28.4. The maximum absolute atomic E-state index is 6.81. The molecule has 0 aliphatic heterocycles. The third-order valence-corrected chi connectivity index (χ3v) is 10.4. The van der Waals surface area contributed by atoms with Gasteiger partial charge in [0.15, 0.2) is 0 Å². The van der Waals surface area contributed by atoms with Crippen LogP contribution in [0.1, 0.15) is 74.1 Å². The Bertz CT molecular complexity index is 511. The Morgan fingerprint density at radius 2 is 1.88 bits per heavy atom. The first-order valence-electron chi connectivity index (χ1n) is 9.44. The summed E-state index contributed by atoms with van der Waals surface area (Å²) in [7, 11) is -1.79. The summed E-state index contributed by atoms with van der Waals surface area (Å²) in [5.74, 6) is 1.96. The molecule has 0 amide bonds. The molecule has 1 unspecified atom stereocenters. The van der Waals surface area contributed by atoms with Crippen LogP contribution in [0.2, 0.25) is 18.1 Å². The summed E-state index contributed by atoms with van der Waals surface area (Å²) in [4.78, 5) is 0. The van der Waals surface area contributed by atoms with E-state index in [1.165, 1.54) is 16.9 Å². The minimum atomic E-state index is -1.79. The van der Waals surface area contributed by atoms with Crippen LogP contribution in [0.4, 0.5) is 0 Å². The zero-order chi connectivity index (χ0) is 18.8. The molecule has 0 spiro atoms. The number of hydrogen-bond acceptors (Lipinski definition) is 1. The highest BCUT2D eigenvalue weighted by Gasteiger charge is 2.43. The largest absolute Gasteiger partial charge is 0.547 e. The summed E-state index contributed by atoms with van der Waals surface area (Å²) in [6.07, 6.45) is 8.78. The van der Waals surface area contributed by atoms with Crippen LogP contribution in [0.5, 0.6) is 0 Å². The van der Waals surface area contributed by atoms with Crippen LogP contribution in [0.15, 0.2) is 35.6 Å². The van der Waals surface area contributed by atoms with Gasteiger partial charge in [-0.1, -0.05) is 52.3 Å². The van der Waals surface area contributed by atoms with Crippen molar-refractivity contribution >= 4 is 8.32 Å². The maximum atomic E-state index is 6.81. The molecule has 0 aromatic carbocycles. The molecule has 24 heavy (non-hydrogen) atoms. The summed E-state index contributed by atoms with van der Waals surface area (Å²) in [6.45, 7) is 24.8. The van der Waals surface area contributed by atoms with Crippen molar-refractivity contribution in [2.45, 2.75) is 92.3 Å². The Kier molecular flexibility index (Phi) is 6.77. The van der Waals surface area contributed by atoms with Gasteiger partial charge in [-0.15, -0.1) is 6.58 Å². The Labute approximate surface area is 152 Å². The van der Waals surface area contributed by atoms with Crippen molar-refractivity contribution in [2.24, 2.45) is 11.3 Å². The fourth-order valence-electron chi connectivity index (χ4n) is 3.07. The van der Waals surface area contributed by atoms with E-state index in [1.807, 2.05) is 0 Å². The van der Waals surface area contributed by atoms with Crippen molar-refractivity contribution in [3.05, 3.63) is 35.6 Å². The maximum Gasteiger partial charge on any atom is 0.250 e. The second-order valence-corrected chi connectivity index (χ2v) is 14.7. The van der Waals surface area contributed by atoms with Crippen LogP contribution in [0.3, 0.4) is 0 Å². The minimum absolute atomic E-state index is 0.240. The van der Waals surface area contributed by atoms with Gasteiger partial charge in [0.25, 0.3) is 0 Å². The van der Waals surface area contributed by atoms with E-state index in [2.05, 4.69) is 80.3 Å². The van der Waals surface area contributed by atoms with Crippen LogP contribution in [-0.4, -0.2) is 8.32 Å². The van der Waals surface area contributed by atoms with Gasteiger partial charge >= 0.3 is 0 Å². The zero-order valence-electron chi connectivity index (χ0n) is 17.7. The van der Waals surface area contributed by atoms with Gasteiger partial charge in [-0.2, -0.15) is 0 Å². The highest BCUT2D eigenvalue weighted by Crippen LogP contribution is 2.48. The SMILES string of the molecule is C=CCC1CC(CC=C(C)C)=C(O[Si](C)(C)C(C)(C)C)CC1(C)C. The molecule has 0 aromatic heterocycles. The Hall–Kier alpha value is -0.763. The first-order chi connectivity index (χ1) is 10.8. The molecule has 1 aliphatic carbocycles. The van der Waals surface area contributed by atoms with E-state index in [9.17, 15) is 0 Å². The highest BCUT2D eigenvalue weighted by molar-refractivity contribution is 6.74. The molecular formula is C22H40OSi. The number of hydrogen-bond donors (Lipinski definition) is 0. The molecule has 138 valence electrons. The van der Waals surface area contributed by atoms with Crippen LogP contribution >= 0.6 is 0 Å². The van der Waals surface area contributed by atoms with Gasteiger partial charge < -0.3 is 4.43 Å². The van der Waals surface area contributed by atoms with E-state index in [0.29, 0.717) is 5.92 Å². The normalized spacial score (nSPS) is 21.5. The molecule has 0 saturated heterocycles. The van der Waals surface area contributed by atoms with Gasteiger partial charge in [-0.05, 0) is 68.1 Å². The lowest BCUT2D eigenvalue weighted by Gasteiger charge is -2.45. The Morgan fingerprint density at radius 3 is 2.33 bits per heavy atom. The molecule has 0 heterocycles. The summed E-state index contributed by atoms with van der Waals surface area (Å²) >= 11 is 0. The van der Waals surface area contributed by atoms with Crippen molar-refractivity contribution in [3.63, 3.8) is 0 Å². The molecule has 0 bridgehead atoms. The summed E-state index contributed by atoms with van der Waals surface area (Å²) < 4.78 is 6.81. The van der Waals surface area contributed by atoms with Crippen LogP contribution in [0.25, 0.3) is 0 Å². The molecule has 0 aromatic rings. The van der Waals surface area contributed by atoms with Crippen LogP contribution in [-0.2, 0) is 4.43 Å². The van der Waals surface area contributed by atoms with Crippen molar-refractivity contribution in [1.82, 2.24) is 0 Å². The number of rotatable bonds is 6. The first kappa shape index (κ1) is 21.3. The quantitative estimate of drug-likeness (QED) is 0.354. The van der Waals surface area contributed by atoms with E-state index in [-0.39, 0.29) is 10.5 Å². The van der Waals surface area contributed by atoms with E-state index >= 15 is 0 Å². The van der Waals surface area contributed by atoms with Crippen LogP contribution in [0, 0.1) is 11.3 Å². The first-order valence-corrected chi connectivity index (χ1v) is 12.3. The predicted octanol–water partition coefficient (Wildman–Crippen LogP) is 7.63. The monoisotopic (exact) mass is 348 g/mol. The van der Waals surface area contributed by atoms with Gasteiger partial charge in [-0.3, -0.25) is 0 Å². The fourth-order valence-corrected chi connectivity index (χ4v) is 4.21. The van der Waals surface area contributed by atoms with Crippen molar-refractivity contribution < 1.29 is 4.43 Å². The minimum Gasteiger partial charge on any atom is -0.547 e. The molecule has 0 radical (unpaired) electrons.